The van der Waals surface area contributed by atoms with Crippen LogP contribution in [-0.2, 0) is 6.18 Å². The lowest BCUT2D eigenvalue weighted by Gasteiger charge is -2.28. The molecule has 1 aliphatic rings. The first-order valence-electron chi connectivity index (χ1n) is 7.24. The highest BCUT2D eigenvalue weighted by Gasteiger charge is 2.32. The molecule has 1 aliphatic carbocycles. The zero-order valence-electron chi connectivity index (χ0n) is 11.9. The minimum absolute atomic E-state index is 0.114. The summed E-state index contributed by atoms with van der Waals surface area (Å²) in [7, 11) is 0. The van der Waals surface area contributed by atoms with E-state index in [9.17, 15) is 18.0 Å². The van der Waals surface area contributed by atoms with Crippen molar-refractivity contribution in [2.75, 3.05) is 0 Å². The van der Waals surface area contributed by atoms with Gasteiger partial charge < -0.3 is 5.32 Å². The molecular formula is C15H19F3N2O. The lowest BCUT2D eigenvalue weighted by molar-refractivity contribution is -0.141. The SMILES string of the molecule is CCC1CCC(NC(=O)c2ccc(C(F)(F)F)nc2)CC1. The van der Waals surface area contributed by atoms with Crippen molar-refractivity contribution in [3.63, 3.8) is 0 Å². The molecule has 3 nitrogen and oxygen atoms in total. The highest BCUT2D eigenvalue weighted by atomic mass is 19.4. The zero-order valence-corrected chi connectivity index (χ0v) is 11.9. The monoisotopic (exact) mass is 300 g/mol. The van der Waals surface area contributed by atoms with Crippen LogP contribution in [0.15, 0.2) is 18.3 Å². The molecule has 0 spiro atoms. The smallest absolute Gasteiger partial charge is 0.349 e. The molecule has 0 aromatic carbocycles. The van der Waals surface area contributed by atoms with Crippen molar-refractivity contribution < 1.29 is 18.0 Å². The molecule has 0 atom stereocenters. The fourth-order valence-electron chi connectivity index (χ4n) is 2.68. The van der Waals surface area contributed by atoms with Crippen LogP contribution < -0.4 is 5.32 Å². The number of nitrogens with zero attached hydrogens (tertiary/aromatic N) is 1. The molecule has 1 aromatic heterocycles. The molecule has 0 radical (unpaired) electrons. The Morgan fingerprint density at radius 1 is 1.29 bits per heavy atom. The largest absolute Gasteiger partial charge is 0.433 e. The van der Waals surface area contributed by atoms with E-state index < -0.39 is 11.9 Å². The van der Waals surface area contributed by atoms with Crippen LogP contribution in [0.4, 0.5) is 13.2 Å². The van der Waals surface area contributed by atoms with Gasteiger partial charge in [-0.25, -0.2) is 0 Å². The summed E-state index contributed by atoms with van der Waals surface area (Å²) in [5.74, 6) is 0.377. The zero-order chi connectivity index (χ0) is 15.5. The summed E-state index contributed by atoms with van der Waals surface area (Å²) in [5, 5.41) is 2.88. The van der Waals surface area contributed by atoms with Crippen molar-refractivity contribution in [2.24, 2.45) is 5.92 Å². The van der Waals surface area contributed by atoms with Crippen LogP contribution in [0.2, 0.25) is 0 Å². The van der Waals surface area contributed by atoms with E-state index in [2.05, 4.69) is 17.2 Å². The topological polar surface area (TPSA) is 42.0 Å². The second kappa shape index (κ2) is 6.45. The van der Waals surface area contributed by atoms with E-state index in [4.69, 9.17) is 0 Å². The Labute approximate surface area is 122 Å². The maximum atomic E-state index is 12.4. The molecular weight excluding hydrogens is 281 g/mol. The Hall–Kier alpha value is -1.59. The van der Waals surface area contributed by atoms with Gasteiger partial charge in [0.05, 0.1) is 5.56 Å². The fourth-order valence-corrected chi connectivity index (χ4v) is 2.68. The number of rotatable bonds is 3. The number of hydrogen-bond acceptors (Lipinski definition) is 2. The third-order valence-electron chi connectivity index (χ3n) is 4.08. The van der Waals surface area contributed by atoms with Crippen LogP contribution in [-0.4, -0.2) is 16.9 Å². The third kappa shape index (κ3) is 4.19. The maximum Gasteiger partial charge on any atom is 0.433 e. The van der Waals surface area contributed by atoms with Gasteiger partial charge in [-0.3, -0.25) is 9.78 Å². The van der Waals surface area contributed by atoms with Gasteiger partial charge in [-0.05, 0) is 43.7 Å². The van der Waals surface area contributed by atoms with Crippen LogP contribution in [0.1, 0.15) is 55.1 Å². The summed E-state index contributed by atoms with van der Waals surface area (Å²) in [6.07, 6.45) is 1.70. The van der Waals surface area contributed by atoms with Crippen LogP contribution in [0.5, 0.6) is 0 Å². The van der Waals surface area contributed by atoms with Crippen molar-refractivity contribution in [1.29, 1.82) is 0 Å². The lowest BCUT2D eigenvalue weighted by Crippen LogP contribution is -2.37. The predicted octanol–water partition coefficient (Wildman–Crippen LogP) is 3.80. The van der Waals surface area contributed by atoms with E-state index in [0.717, 1.165) is 50.3 Å². The van der Waals surface area contributed by atoms with Crippen molar-refractivity contribution in [3.05, 3.63) is 29.6 Å². The molecule has 116 valence electrons. The molecule has 1 heterocycles. The van der Waals surface area contributed by atoms with Gasteiger partial charge >= 0.3 is 6.18 Å². The van der Waals surface area contributed by atoms with E-state index >= 15 is 0 Å². The summed E-state index contributed by atoms with van der Waals surface area (Å²) in [5.41, 5.74) is -0.817. The first kappa shape index (κ1) is 15.8. The van der Waals surface area contributed by atoms with Gasteiger partial charge in [0.2, 0.25) is 0 Å². The van der Waals surface area contributed by atoms with Gasteiger partial charge in [-0.1, -0.05) is 13.3 Å². The van der Waals surface area contributed by atoms with E-state index in [1.54, 1.807) is 0 Å². The minimum atomic E-state index is -4.48. The average Bonchev–Trinajstić information content (AvgIpc) is 2.47. The molecule has 1 saturated carbocycles. The maximum absolute atomic E-state index is 12.4. The number of alkyl halides is 3. The van der Waals surface area contributed by atoms with Gasteiger partial charge in [0.1, 0.15) is 5.69 Å². The van der Waals surface area contributed by atoms with Gasteiger partial charge in [0, 0.05) is 12.2 Å². The highest BCUT2D eigenvalue weighted by molar-refractivity contribution is 5.94. The molecule has 0 bridgehead atoms. The van der Waals surface area contributed by atoms with Gasteiger partial charge in [-0.15, -0.1) is 0 Å². The fraction of sp³-hybridized carbons (Fsp3) is 0.600. The molecule has 0 unspecified atom stereocenters. The second-order valence-electron chi connectivity index (χ2n) is 5.53. The van der Waals surface area contributed by atoms with E-state index in [1.165, 1.54) is 6.07 Å². The van der Waals surface area contributed by atoms with Crippen LogP contribution >= 0.6 is 0 Å². The van der Waals surface area contributed by atoms with Crippen molar-refractivity contribution >= 4 is 5.91 Å². The molecule has 2 rings (SSSR count). The van der Waals surface area contributed by atoms with Crippen molar-refractivity contribution in [2.45, 2.75) is 51.2 Å². The second-order valence-corrected chi connectivity index (χ2v) is 5.53. The number of hydrogen-bond donors (Lipinski definition) is 1. The van der Waals surface area contributed by atoms with Crippen molar-refractivity contribution in [1.82, 2.24) is 10.3 Å². The third-order valence-corrected chi connectivity index (χ3v) is 4.08. The standard InChI is InChI=1S/C15H19F3N2O/c1-2-10-3-6-12(7-4-10)20-14(21)11-5-8-13(19-9-11)15(16,17)18/h5,8-10,12H,2-4,6-7H2,1H3,(H,20,21). The van der Waals surface area contributed by atoms with E-state index in [1.807, 2.05) is 0 Å². The van der Waals surface area contributed by atoms with Crippen LogP contribution in [0.3, 0.4) is 0 Å². The van der Waals surface area contributed by atoms with Gasteiger partial charge in [0.25, 0.3) is 5.91 Å². The van der Waals surface area contributed by atoms with E-state index in [0.29, 0.717) is 0 Å². The Kier molecular flexibility index (Phi) is 4.85. The summed E-state index contributed by atoms with van der Waals surface area (Å²) >= 11 is 0. The molecule has 0 aliphatic heterocycles. The number of pyridine rings is 1. The van der Waals surface area contributed by atoms with Crippen LogP contribution in [0, 0.1) is 5.92 Å². The Balaban J connectivity index is 1.92. The predicted molar refractivity (Wildman–Crippen MR) is 72.7 cm³/mol. The Morgan fingerprint density at radius 3 is 2.43 bits per heavy atom. The normalized spacial score (nSPS) is 22.9. The highest BCUT2D eigenvalue weighted by Crippen LogP contribution is 2.28. The quantitative estimate of drug-likeness (QED) is 0.922. The number of aromatic nitrogens is 1. The van der Waals surface area contributed by atoms with Gasteiger partial charge in [-0.2, -0.15) is 13.2 Å². The number of nitrogens with one attached hydrogen (secondary N) is 1. The summed E-state index contributed by atoms with van der Waals surface area (Å²) in [6, 6.07) is 2.12. The molecule has 0 saturated heterocycles. The van der Waals surface area contributed by atoms with Crippen molar-refractivity contribution in [3.8, 4) is 0 Å². The summed E-state index contributed by atoms with van der Waals surface area (Å²) in [6.45, 7) is 2.16. The minimum Gasteiger partial charge on any atom is -0.349 e. The molecule has 1 amide bonds. The number of carbonyl (C=O) groups is 1. The Bertz CT molecular complexity index is 477. The summed E-state index contributed by atoms with van der Waals surface area (Å²) < 4.78 is 37.2. The number of amides is 1. The van der Waals surface area contributed by atoms with Gasteiger partial charge in [0.15, 0.2) is 0 Å². The van der Waals surface area contributed by atoms with Crippen LogP contribution in [0.25, 0.3) is 0 Å². The average molecular weight is 300 g/mol. The lowest BCUT2D eigenvalue weighted by atomic mass is 9.84. The molecule has 21 heavy (non-hydrogen) atoms. The van der Waals surface area contributed by atoms with E-state index in [-0.39, 0.29) is 17.5 Å². The number of carbonyl (C=O) groups excluding carboxylic acids is 1. The molecule has 1 fully saturated rings. The number of halogens is 3. The first-order valence-corrected chi connectivity index (χ1v) is 7.24. The molecule has 1 N–H and O–H groups in total. The molecule has 1 aromatic rings. The first-order chi connectivity index (χ1) is 9.90. The summed E-state index contributed by atoms with van der Waals surface area (Å²) in [4.78, 5) is 15.3. The Morgan fingerprint density at radius 2 is 1.95 bits per heavy atom. The molecule has 6 heteroatoms.